The Morgan fingerprint density at radius 3 is 1.91 bits per heavy atom. The third kappa shape index (κ3) is 2.88. The van der Waals surface area contributed by atoms with Gasteiger partial charge in [0.25, 0.3) is 0 Å². The van der Waals surface area contributed by atoms with E-state index < -0.39 is 45.0 Å². The van der Waals surface area contributed by atoms with Crippen LogP contribution < -0.4 is 4.74 Å². The van der Waals surface area contributed by atoms with Crippen LogP contribution in [-0.2, 0) is 11.1 Å². The molecule has 2 aromatic carbocycles. The molecule has 0 heterocycles. The maximum atomic E-state index is 13.7. The quantitative estimate of drug-likeness (QED) is 0.485. The van der Waals surface area contributed by atoms with Crippen molar-refractivity contribution in [3.05, 3.63) is 59.7 Å². The van der Waals surface area contributed by atoms with Crippen molar-refractivity contribution in [3.63, 3.8) is 0 Å². The van der Waals surface area contributed by atoms with Crippen LogP contribution in [0.2, 0.25) is 0 Å². The van der Waals surface area contributed by atoms with Crippen LogP contribution in [0.25, 0.3) is 6.08 Å². The Balaban J connectivity index is 2.51. The van der Waals surface area contributed by atoms with Gasteiger partial charge in [0.15, 0.2) is 11.6 Å². The normalized spacial score (nSPS) is 12.0. The highest BCUT2D eigenvalue weighted by Gasteiger charge is 2.27. The number of ether oxygens (including phenoxy) is 1. The molecule has 1 atom stereocenters. The number of hydrogen-bond donors (Lipinski definition) is 0. The first-order chi connectivity index (χ1) is 10.4. The second-order valence-corrected chi connectivity index (χ2v) is 4.90. The van der Waals surface area contributed by atoms with Crippen LogP contribution >= 0.6 is 0 Å². The van der Waals surface area contributed by atoms with Gasteiger partial charge >= 0.3 is 0 Å². The van der Waals surface area contributed by atoms with Gasteiger partial charge in [-0.05, 0) is 28.8 Å². The molecule has 2 rings (SSSR count). The summed E-state index contributed by atoms with van der Waals surface area (Å²) >= 11 is -3.48. The summed E-state index contributed by atoms with van der Waals surface area (Å²) in [6.07, 6.45) is 1.50. The van der Waals surface area contributed by atoms with Gasteiger partial charge in [-0.1, -0.05) is 24.8 Å². The maximum Gasteiger partial charge on any atom is 0.205 e. The Morgan fingerprint density at radius 1 is 1.00 bits per heavy atom. The maximum absolute atomic E-state index is 13.7. The molecule has 0 aliphatic carbocycles. The Kier molecular flexibility index (Phi) is 4.62. The third-order valence-corrected chi connectivity index (χ3v) is 3.38. The molecule has 0 radical (unpaired) electrons. The van der Waals surface area contributed by atoms with Crippen LogP contribution in [0.5, 0.6) is 11.5 Å². The van der Waals surface area contributed by atoms with E-state index in [0.29, 0.717) is 5.56 Å². The molecule has 0 aliphatic rings. The molecule has 8 heteroatoms. The highest BCUT2D eigenvalue weighted by molar-refractivity contribution is 7.79. The van der Waals surface area contributed by atoms with Crippen LogP contribution in [-0.4, -0.2) is 8.76 Å². The van der Waals surface area contributed by atoms with Crippen molar-refractivity contribution in [2.75, 3.05) is 0 Å². The smallest absolute Gasteiger partial charge is 0.205 e. The molecule has 0 fully saturated rings. The Labute approximate surface area is 125 Å². The van der Waals surface area contributed by atoms with E-state index in [1.807, 2.05) is 0 Å². The SMILES string of the molecule is C=Cc1ccc(Oc2c(F)c(F)c(S(=O)[O-])c(F)c2F)cc1. The molecule has 2 aromatic rings. The van der Waals surface area contributed by atoms with Crippen molar-refractivity contribution in [1.29, 1.82) is 0 Å². The first kappa shape index (κ1) is 16.2. The van der Waals surface area contributed by atoms with Crippen molar-refractivity contribution in [3.8, 4) is 11.5 Å². The first-order valence-electron chi connectivity index (χ1n) is 5.72. The average Bonchev–Trinajstić information content (AvgIpc) is 2.50. The Morgan fingerprint density at radius 2 is 1.50 bits per heavy atom. The minimum atomic E-state index is -3.48. The van der Waals surface area contributed by atoms with E-state index in [9.17, 15) is 26.3 Å². The zero-order valence-corrected chi connectivity index (χ0v) is 11.6. The van der Waals surface area contributed by atoms with Gasteiger partial charge in [-0.15, -0.1) is 0 Å². The topological polar surface area (TPSA) is 49.4 Å². The summed E-state index contributed by atoms with van der Waals surface area (Å²) in [5, 5.41) is 0. The Bertz CT molecular complexity index is 731. The largest absolute Gasteiger partial charge is 0.768 e. The van der Waals surface area contributed by atoms with Crippen LogP contribution in [0.1, 0.15) is 5.56 Å². The van der Waals surface area contributed by atoms with E-state index in [0.717, 1.165) is 0 Å². The van der Waals surface area contributed by atoms with E-state index in [1.54, 1.807) is 0 Å². The summed E-state index contributed by atoms with van der Waals surface area (Å²) in [6.45, 7) is 3.50. The second kappa shape index (κ2) is 6.29. The van der Waals surface area contributed by atoms with Gasteiger partial charge in [0.2, 0.25) is 17.4 Å². The lowest BCUT2D eigenvalue weighted by Gasteiger charge is -2.14. The van der Waals surface area contributed by atoms with Gasteiger partial charge in [0.1, 0.15) is 10.6 Å². The van der Waals surface area contributed by atoms with E-state index in [1.165, 1.54) is 30.3 Å². The molecule has 0 aromatic heterocycles. The molecule has 3 nitrogen and oxygen atoms in total. The van der Waals surface area contributed by atoms with Crippen LogP contribution in [0, 0.1) is 23.3 Å². The molecule has 116 valence electrons. The van der Waals surface area contributed by atoms with Gasteiger partial charge in [0.05, 0.1) is 0 Å². The highest BCUT2D eigenvalue weighted by atomic mass is 32.2. The van der Waals surface area contributed by atoms with Crippen LogP contribution in [0.15, 0.2) is 35.7 Å². The fourth-order valence-electron chi connectivity index (χ4n) is 1.62. The third-order valence-electron chi connectivity index (χ3n) is 2.69. The van der Waals surface area contributed by atoms with Gasteiger partial charge in [0, 0.05) is 0 Å². The summed E-state index contributed by atoms with van der Waals surface area (Å²) < 4.78 is 80.4. The summed E-state index contributed by atoms with van der Waals surface area (Å²) in [5.41, 5.74) is 0.683. The molecule has 0 aliphatic heterocycles. The highest BCUT2D eigenvalue weighted by Crippen LogP contribution is 2.34. The second-order valence-electron chi connectivity index (χ2n) is 4.02. The standard InChI is InChI=1S/C14H8F4O3S/c1-2-7-3-5-8(6-4-7)21-13-9(15)11(17)14(22(19)20)12(18)10(13)16/h2-6H,1H2,(H,19,20)/p-1. The lowest BCUT2D eigenvalue weighted by Crippen LogP contribution is -2.07. The molecule has 0 amide bonds. The van der Waals surface area contributed by atoms with E-state index in [-0.39, 0.29) is 5.75 Å². The van der Waals surface area contributed by atoms with E-state index in [2.05, 4.69) is 6.58 Å². The number of hydrogen-bond acceptors (Lipinski definition) is 3. The van der Waals surface area contributed by atoms with Gasteiger partial charge < -0.3 is 9.29 Å². The minimum absolute atomic E-state index is 0.0989. The summed E-state index contributed by atoms with van der Waals surface area (Å²) in [6, 6.07) is 5.58. The molecular weight excluding hydrogens is 324 g/mol. The average molecular weight is 331 g/mol. The van der Waals surface area contributed by atoms with E-state index in [4.69, 9.17) is 4.74 Å². The van der Waals surface area contributed by atoms with Crippen molar-refractivity contribution in [2.45, 2.75) is 4.90 Å². The van der Waals surface area contributed by atoms with Gasteiger partial charge in [-0.2, -0.15) is 8.78 Å². The molecule has 22 heavy (non-hydrogen) atoms. The van der Waals surface area contributed by atoms with Crippen molar-refractivity contribution in [1.82, 2.24) is 0 Å². The molecule has 0 saturated heterocycles. The molecule has 1 unspecified atom stereocenters. The Hall–Kier alpha value is -2.19. The number of benzene rings is 2. The predicted octanol–water partition coefficient (Wildman–Crippen LogP) is 3.92. The molecule has 0 bridgehead atoms. The number of halogens is 4. The zero-order valence-electron chi connectivity index (χ0n) is 10.7. The van der Waals surface area contributed by atoms with Crippen molar-refractivity contribution >= 4 is 17.2 Å². The summed E-state index contributed by atoms with van der Waals surface area (Å²) in [5.74, 6) is -9.44. The predicted molar refractivity (Wildman–Crippen MR) is 70.1 cm³/mol. The molecule has 0 spiro atoms. The van der Waals surface area contributed by atoms with Crippen molar-refractivity contribution in [2.24, 2.45) is 0 Å². The summed E-state index contributed by atoms with van der Waals surface area (Å²) in [7, 11) is 0. The lowest BCUT2D eigenvalue weighted by atomic mass is 10.2. The molecule has 0 saturated carbocycles. The van der Waals surface area contributed by atoms with Gasteiger partial charge in [-0.3, -0.25) is 4.21 Å². The zero-order chi connectivity index (χ0) is 16.4. The monoisotopic (exact) mass is 331 g/mol. The first-order valence-corrected chi connectivity index (χ1v) is 6.79. The van der Waals surface area contributed by atoms with Crippen LogP contribution in [0.4, 0.5) is 17.6 Å². The summed E-state index contributed by atoms with van der Waals surface area (Å²) in [4.78, 5) is -1.72. The fourth-order valence-corrected chi connectivity index (χ4v) is 2.09. The fraction of sp³-hybridized carbons (Fsp3) is 0. The van der Waals surface area contributed by atoms with Crippen LogP contribution in [0.3, 0.4) is 0 Å². The minimum Gasteiger partial charge on any atom is -0.768 e. The number of rotatable bonds is 4. The lowest BCUT2D eigenvalue weighted by molar-refractivity contribution is 0.349. The van der Waals surface area contributed by atoms with Crippen molar-refractivity contribution < 1.29 is 31.1 Å². The van der Waals surface area contributed by atoms with Gasteiger partial charge in [-0.25, -0.2) is 8.78 Å². The molecular formula is C14H7F4O3S-. The van der Waals surface area contributed by atoms with E-state index >= 15 is 0 Å². The molecule has 0 N–H and O–H groups in total.